The number of phenolic OH excluding ortho intramolecular Hbond substituents is 1. The molecule has 2 aromatic carbocycles. The van der Waals surface area contributed by atoms with E-state index in [0.29, 0.717) is 21.3 Å². The molecule has 1 aromatic heterocycles. The molecule has 1 aliphatic carbocycles. The van der Waals surface area contributed by atoms with E-state index in [1.165, 1.54) is 37.5 Å². The van der Waals surface area contributed by atoms with Crippen molar-refractivity contribution in [2.75, 3.05) is 17.1 Å². The molecule has 0 radical (unpaired) electrons. The van der Waals surface area contributed by atoms with Crippen LogP contribution in [-0.4, -0.2) is 43.7 Å². The number of carbonyl (C=O) groups is 2. The summed E-state index contributed by atoms with van der Waals surface area (Å²) in [5, 5.41) is 13.2. The molecule has 0 unspecified atom stereocenters. The summed E-state index contributed by atoms with van der Waals surface area (Å²) in [5.41, 5.74) is 0.516. The maximum absolute atomic E-state index is 13.5. The standard InChI is InChI=1S/C26H26F3N3O7S2/c1-13-17(9-10-18(33)21(13)39-24(35)26(27,28)29)32-41(36,37)20-12-16(8-11-19(20)38-3)22-14(2)30-25(40-22)31-23(34)15-6-4-5-7-15/h8-12,15,32-33H,4-7H2,1-3H3,(H,30,31,34). The molecule has 15 heteroatoms. The molecule has 1 amide bonds. The van der Waals surface area contributed by atoms with Crippen LogP contribution in [0, 0.1) is 19.8 Å². The maximum atomic E-state index is 13.5. The molecule has 0 spiro atoms. The minimum absolute atomic E-state index is 0.0293. The van der Waals surface area contributed by atoms with Crippen LogP contribution in [0.1, 0.15) is 36.9 Å². The monoisotopic (exact) mass is 613 g/mol. The highest BCUT2D eigenvalue weighted by atomic mass is 32.2. The number of anilines is 2. The first-order valence-corrected chi connectivity index (χ1v) is 14.6. The van der Waals surface area contributed by atoms with Crippen molar-refractivity contribution in [1.29, 1.82) is 0 Å². The highest BCUT2D eigenvalue weighted by Gasteiger charge is 2.42. The third-order valence-corrected chi connectivity index (χ3v) is 9.03. The van der Waals surface area contributed by atoms with Crippen LogP contribution in [0.5, 0.6) is 17.2 Å². The van der Waals surface area contributed by atoms with Crippen molar-refractivity contribution in [1.82, 2.24) is 4.98 Å². The van der Waals surface area contributed by atoms with Gasteiger partial charge in [-0.1, -0.05) is 24.2 Å². The van der Waals surface area contributed by atoms with Crippen LogP contribution < -0.4 is 19.5 Å². The van der Waals surface area contributed by atoms with Crippen LogP contribution in [0.3, 0.4) is 0 Å². The summed E-state index contributed by atoms with van der Waals surface area (Å²) in [6.45, 7) is 2.89. The number of rotatable bonds is 8. The Balaban J connectivity index is 1.65. The highest BCUT2D eigenvalue weighted by molar-refractivity contribution is 7.92. The van der Waals surface area contributed by atoms with Gasteiger partial charge in [-0.2, -0.15) is 13.2 Å². The number of nitrogens with one attached hydrogen (secondary N) is 2. The van der Waals surface area contributed by atoms with Gasteiger partial charge < -0.3 is 19.9 Å². The number of amides is 1. The van der Waals surface area contributed by atoms with E-state index < -0.39 is 33.7 Å². The fourth-order valence-corrected chi connectivity index (χ4v) is 6.69. The molecule has 4 rings (SSSR count). The van der Waals surface area contributed by atoms with Crippen LogP contribution in [0.4, 0.5) is 24.0 Å². The molecule has 0 aliphatic heterocycles. The molecule has 1 fully saturated rings. The first-order chi connectivity index (χ1) is 19.2. The van der Waals surface area contributed by atoms with E-state index in [9.17, 15) is 36.3 Å². The van der Waals surface area contributed by atoms with Crippen molar-refractivity contribution >= 4 is 44.1 Å². The number of hydrogen-bond donors (Lipinski definition) is 3. The highest BCUT2D eigenvalue weighted by Crippen LogP contribution is 2.40. The number of nitrogens with zero attached hydrogens (tertiary/aromatic N) is 1. The second kappa shape index (κ2) is 11.6. The molecule has 1 heterocycles. The van der Waals surface area contributed by atoms with Crippen molar-refractivity contribution in [3.8, 4) is 27.7 Å². The van der Waals surface area contributed by atoms with E-state index in [1.807, 2.05) is 0 Å². The fourth-order valence-electron chi connectivity index (χ4n) is 4.41. The summed E-state index contributed by atoms with van der Waals surface area (Å²) >= 11 is 1.18. The van der Waals surface area contributed by atoms with E-state index in [0.717, 1.165) is 37.8 Å². The minimum Gasteiger partial charge on any atom is -0.504 e. The number of hydrogen-bond acceptors (Lipinski definition) is 9. The Labute approximate surface area is 237 Å². The molecule has 220 valence electrons. The molecule has 3 aromatic rings. The number of thiazole rings is 1. The van der Waals surface area contributed by atoms with Gasteiger partial charge in [-0.05, 0) is 62.6 Å². The zero-order valence-electron chi connectivity index (χ0n) is 22.1. The number of alkyl halides is 3. The van der Waals surface area contributed by atoms with Crippen LogP contribution in [0.15, 0.2) is 35.2 Å². The second-order valence-electron chi connectivity index (χ2n) is 9.35. The van der Waals surface area contributed by atoms with Crippen molar-refractivity contribution in [2.45, 2.75) is 50.6 Å². The molecule has 0 atom stereocenters. The SMILES string of the molecule is COc1ccc(-c2sc(NC(=O)C3CCCC3)nc2C)cc1S(=O)(=O)Nc1ccc(O)c(OC(=O)C(F)(F)F)c1C. The van der Waals surface area contributed by atoms with Gasteiger partial charge >= 0.3 is 12.1 Å². The molecule has 0 bridgehead atoms. The van der Waals surface area contributed by atoms with Gasteiger partial charge in [0.2, 0.25) is 5.91 Å². The number of benzene rings is 2. The molecule has 3 N–H and O–H groups in total. The van der Waals surface area contributed by atoms with Gasteiger partial charge in [-0.15, -0.1) is 0 Å². The van der Waals surface area contributed by atoms with Crippen LogP contribution >= 0.6 is 11.3 Å². The number of aryl methyl sites for hydroxylation is 1. The Morgan fingerprint density at radius 1 is 1.12 bits per heavy atom. The molecule has 1 aliphatic rings. The summed E-state index contributed by atoms with van der Waals surface area (Å²) in [6, 6.07) is 6.39. The van der Waals surface area contributed by atoms with Crippen LogP contribution in [-0.2, 0) is 19.6 Å². The zero-order chi connectivity index (χ0) is 30.1. The lowest BCUT2D eigenvalue weighted by atomic mass is 10.1. The molecular weight excluding hydrogens is 587 g/mol. The van der Waals surface area contributed by atoms with E-state index in [2.05, 4.69) is 19.8 Å². The lowest BCUT2D eigenvalue weighted by Gasteiger charge is -2.17. The lowest BCUT2D eigenvalue weighted by Crippen LogP contribution is -2.28. The maximum Gasteiger partial charge on any atom is 0.491 e. The van der Waals surface area contributed by atoms with E-state index in [1.54, 1.807) is 13.0 Å². The minimum atomic E-state index is -5.34. The lowest BCUT2D eigenvalue weighted by molar-refractivity contribution is -0.189. The van der Waals surface area contributed by atoms with Gasteiger partial charge in [0.25, 0.3) is 10.0 Å². The topological polar surface area (TPSA) is 144 Å². The summed E-state index contributed by atoms with van der Waals surface area (Å²) in [7, 11) is -3.17. The smallest absolute Gasteiger partial charge is 0.491 e. The number of ether oxygens (including phenoxy) is 2. The molecule has 0 saturated heterocycles. The third kappa shape index (κ3) is 6.56. The average molecular weight is 614 g/mol. The number of halogens is 3. The Hall–Kier alpha value is -3.85. The molecule has 41 heavy (non-hydrogen) atoms. The van der Waals surface area contributed by atoms with Gasteiger partial charge in [-0.25, -0.2) is 18.2 Å². The van der Waals surface area contributed by atoms with Gasteiger partial charge in [0, 0.05) is 11.5 Å². The summed E-state index contributed by atoms with van der Waals surface area (Å²) in [5.74, 6) is -4.41. The fraction of sp³-hybridized carbons (Fsp3) is 0.346. The summed E-state index contributed by atoms with van der Waals surface area (Å²) < 4.78 is 76.8. The number of carbonyl (C=O) groups excluding carboxylic acids is 2. The number of methoxy groups -OCH3 is 1. The van der Waals surface area contributed by atoms with Crippen molar-refractivity contribution in [3.05, 3.63) is 41.6 Å². The third-order valence-electron chi connectivity index (χ3n) is 6.52. The average Bonchev–Trinajstić information content (AvgIpc) is 3.57. The first-order valence-electron chi connectivity index (χ1n) is 12.3. The quantitative estimate of drug-likeness (QED) is 0.171. The van der Waals surface area contributed by atoms with Crippen molar-refractivity contribution in [2.24, 2.45) is 5.92 Å². The zero-order valence-corrected chi connectivity index (χ0v) is 23.7. The van der Waals surface area contributed by atoms with Gasteiger partial charge in [-0.3, -0.25) is 9.52 Å². The van der Waals surface area contributed by atoms with E-state index in [-0.39, 0.29) is 33.7 Å². The summed E-state index contributed by atoms with van der Waals surface area (Å²) in [6.07, 6.45) is -1.69. The van der Waals surface area contributed by atoms with Gasteiger partial charge in [0.15, 0.2) is 16.6 Å². The van der Waals surface area contributed by atoms with Gasteiger partial charge in [0.05, 0.1) is 23.4 Å². The Bertz CT molecular complexity index is 1600. The number of sulfonamides is 1. The predicted octanol–water partition coefficient (Wildman–Crippen LogP) is 5.54. The first kappa shape index (κ1) is 30.1. The summed E-state index contributed by atoms with van der Waals surface area (Å²) in [4.78, 5) is 28.6. The van der Waals surface area contributed by atoms with E-state index in [4.69, 9.17) is 4.74 Å². The van der Waals surface area contributed by atoms with Crippen molar-refractivity contribution < 1.29 is 45.8 Å². The Morgan fingerprint density at radius 2 is 1.80 bits per heavy atom. The number of aromatic nitrogens is 1. The van der Waals surface area contributed by atoms with Crippen LogP contribution in [0.2, 0.25) is 0 Å². The number of esters is 1. The Kier molecular flexibility index (Phi) is 8.49. The molecular formula is C26H26F3N3O7S2. The number of aromatic hydroxyl groups is 1. The predicted molar refractivity (Wildman–Crippen MR) is 145 cm³/mol. The molecule has 1 saturated carbocycles. The normalized spacial score (nSPS) is 14.1. The largest absolute Gasteiger partial charge is 0.504 e. The Morgan fingerprint density at radius 3 is 2.44 bits per heavy atom. The number of phenols is 1. The molecule has 10 nitrogen and oxygen atoms in total. The van der Waals surface area contributed by atoms with E-state index >= 15 is 0 Å². The van der Waals surface area contributed by atoms with Crippen molar-refractivity contribution in [3.63, 3.8) is 0 Å². The second-order valence-corrected chi connectivity index (χ2v) is 12.0. The van der Waals surface area contributed by atoms with Crippen LogP contribution in [0.25, 0.3) is 10.4 Å². The van der Waals surface area contributed by atoms with Gasteiger partial charge in [0.1, 0.15) is 10.6 Å².